The quantitative estimate of drug-likeness (QED) is 0.672. The second kappa shape index (κ2) is 2.81. The van der Waals surface area contributed by atoms with Gasteiger partial charge in [-0.1, -0.05) is 0 Å². The molecule has 0 atom stereocenters. The van der Waals surface area contributed by atoms with E-state index >= 15 is 0 Å². The Balaban J connectivity index is 3.33. The van der Waals surface area contributed by atoms with Gasteiger partial charge in [0.05, 0.1) is 0 Å². The molecule has 0 radical (unpaired) electrons. The highest BCUT2D eigenvalue weighted by Gasteiger charge is 2.11. The Bertz CT molecular complexity index is 333. The van der Waals surface area contributed by atoms with Gasteiger partial charge >= 0.3 is 5.97 Å². The second-order valence-corrected chi connectivity index (χ2v) is 2.42. The van der Waals surface area contributed by atoms with Gasteiger partial charge in [-0.3, -0.25) is 0 Å². The minimum atomic E-state index is -1.34. The number of hydrogen-bond acceptors (Lipinski definition) is 2. The summed E-state index contributed by atoms with van der Waals surface area (Å²) in [6.07, 6.45) is 0. The molecular weight excluding hydrogens is 163 g/mol. The van der Waals surface area contributed by atoms with Gasteiger partial charge in [0.1, 0.15) is 17.1 Å². The van der Waals surface area contributed by atoms with E-state index in [-0.39, 0.29) is 5.56 Å². The molecule has 0 aromatic heterocycles. The first-order valence-electron chi connectivity index (χ1n) is 3.25. The van der Waals surface area contributed by atoms with E-state index in [9.17, 15) is 9.18 Å². The van der Waals surface area contributed by atoms with Gasteiger partial charge in [0, 0.05) is 0 Å². The minimum absolute atomic E-state index is 0.220. The van der Waals surface area contributed by atoms with Crippen LogP contribution < -0.4 is 0 Å². The Kier molecular flexibility index (Phi) is 1.99. The largest absolute Gasteiger partial charge is 0.507 e. The van der Waals surface area contributed by atoms with E-state index in [1.165, 1.54) is 6.92 Å². The summed E-state index contributed by atoms with van der Waals surface area (Å²) in [5.41, 5.74) is -0.199. The van der Waals surface area contributed by atoms with E-state index in [0.717, 1.165) is 12.1 Å². The molecular formula is C8H7FO3. The van der Waals surface area contributed by atoms with E-state index in [4.69, 9.17) is 10.2 Å². The highest BCUT2D eigenvalue weighted by atomic mass is 19.1. The highest BCUT2D eigenvalue weighted by molar-refractivity contribution is 5.90. The van der Waals surface area contributed by atoms with Crippen molar-refractivity contribution in [1.29, 1.82) is 0 Å². The number of phenols is 1. The van der Waals surface area contributed by atoms with Crippen molar-refractivity contribution >= 4 is 5.97 Å². The summed E-state index contributed by atoms with van der Waals surface area (Å²) in [6, 6.07) is 1.88. The monoisotopic (exact) mass is 170 g/mol. The zero-order valence-electron chi connectivity index (χ0n) is 6.34. The minimum Gasteiger partial charge on any atom is -0.507 e. The van der Waals surface area contributed by atoms with Crippen molar-refractivity contribution in [3.63, 3.8) is 0 Å². The zero-order valence-corrected chi connectivity index (χ0v) is 6.34. The Morgan fingerprint density at radius 2 is 2.08 bits per heavy atom. The molecule has 3 nitrogen and oxygen atoms in total. The van der Waals surface area contributed by atoms with E-state index in [1.54, 1.807) is 0 Å². The van der Waals surface area contributed by atoms with Crippen LogP contribution in [0.25, 0.3) is 0 Å². The van der Waals surface area contributed by atoms with Crippen LogP contribution in [0.4, 0.5) is 4.39 Å². The molecule has 0 saturated carbocycles. The number of aromatic carboxylic acids is 1. The summed E-state index contributed by atoms with van der Waals surface area (Å²) >= 11 is 0. The molecule has 0 saturated heterocycles. The lowest BCUT2D eigenvalue weighted by Gasteiger charge is -2.01. The zero-order chi connectivity index (χ0) is 9.30. The molecule has 0 unspecified atom stereocenters. The van der Waals surface area contributed by atoms with Gasteiger partial charge in [-0.05, 0) is 24.6 Å². The van der Waals surface area contributed by atoms with Crippen LogP contribution in [-0.4, -0.2) is 16.2 Å². The molecule has 12 heavy (non-hydrogen) atoms. The van der Waals surface area contributed by atoms with Crippen molar-refractivity contribution in [2.75, 3.05) is 0 Å². The van der Waals surface area contributed by atoms with E-state index in [2.05, 4.69) is 0 Å². The van der Waals surface area contributed by atoms with Crippen LogP contribution in [-0.2, 0) is 0 Å². The van der Waals surface area contributed by atoms with Crippen molar-refractivity contribution in [1.82, 2.24) is 0 Å². The molecule has 0 spiro atoms. The smallest absolute Gasteiger partial charge is 0.339 e. The first-order chi connectivity index (χ1) is 5.52. The number of rotatable bonds is 1. The van der Waals surface area contributed by atoms with Gasteiger partial charge in [-0.25, -0.2) is 9.18 Å². The van der Waals surface area contributed by atoms with Crippen LogP contribution in [0.5, 0.6) is 5.75 Å². The summed E-state index contributed by atoms with van der Waals surface area (Å²) in [4.78, 5) is 10.4. The van der Waals surface area contributed by atoms with Gasteiger partial charge < -0.3 is 10.2 Å². The third-order valence-electron chi connectivity index (χ3n) is 1.51. The van der Waals surface area contributed by atoms with Gasteiger partial charge in [-0.2, -0.15) is 0 Å². The average molecular weight is 170 g/mol. The van der Waals surface area contributed by atoms with Crippen LogP contribution in [0.2, 0.25) is 0 Å². The number of aryl methyl sites for hydroxylation is 1. The maximum atomic E-state index is 12.7. The standard InChI is InChI=1S/C8H7FO3/c1-4-2-7(10)5(8(11)12)3-6(4)9/h2-3,10H,1H3,(H,11,12). The molecule has 1 rings (SSSR count). The summed E-state index contributed by atoms with van der Waals surface area (Å²) in [7, 11) is 0. The lowest BCUT2D eigenvalue weighted by Crippen LogP contribution is -1.98. The molecule has 0 amide bonds. The lowest BCUT2D eigenvalue weighted by molar-refractivity contribution is 0.0693. The fourth-order valence-electron chi connectivity index (χ4n) is 0.838. The number of carbonyl (C=O) groups is 1. The molecule has 4 heteroatoms. The maximum absolute atomic E-state index is 12.7. The molecule has 1 aromatic rings. The fourth-order valence-corrected chi connectivity index (χ4v) is 0.838. The Morgan fingerprint density at radius 3 is 2.58 bits per heavy atom. The summed E-state index contributed by atoms with van der Waals surface area (Å²) in [6.45, 7) is 1.45. The maximum Gasteiger partial charge on any atom is 0.339 e. The molecule has 2 N–H and O–H groups in total. The Hall–Kier alpha value is -1.58. The molecule has 0 bridgehead atoms. The number of halogens is 1. The number of carboxylic acids is 1. The number of hydrogen-bond donors (Lipinski definition) is 2. The van der Waals surface area contributed by atoms with Crippen molar-refractivity contribution in [2.45, 2.75) is 6.92 Å². The van der Waals surface area contributed by atoms with Crippen LogP contribution in [0, 0.1) is 12.7 Å². The summed E-state index contributed by atoms with van der Waals surface area (Å²) in [5.74, 6) is -2.39. The first kappa shape index (κ1) is 8.52. The van der Waals surface area contributed by atoms with Crippen molar-refractivity contribution < 1.29 is 19.4 Å². The van der Waals surface area contributed by atoms with E-state index in [0.29, 0.717) is 0 Å². The predicted molar refractivity (Wildman–Crippen MR) is 39.8 cm³/mol. The van der Waals surface area contributed by atoms with E-state index in [1.807, 2.05) is 0 Å². The van der Waals surface area contributed by atoms with Gasteiger partial charge in [0.2, 0.25) is 0 Å². The normalized spacial score (nSPS) is 9.83. The Morgan fingerprint density at radius 1 is 1.50 bits per heavy atom. The average Bonchev–Trinajstić information content (AvgIpc) is 1.96. The predicted octanol–water partition coefficient (Wildman–Crippen LogP) is 1.54. The fraction of sp³-hybridized carbons (Fsp3) is 0.125. The second-order valence-electron chi connectivity index (χ2n) is 2.42. The van der Waals surface area contributed by atoms with Crippen LogP contribution in [0.3, 0.4) is 0 Å². The van der Waals surface area contributed by atoms with Gasteiger partial charge in [-0.15, -0.1) is 0 Å². The van der Waals surface area contributed by atoms with E-state index < -0.39 is 23.1 Å². The van der Waals surface area contributed by atoms with Crippen LogP contribution in [0.15, 0.2) is 12.1 Å². The molecule has 0 aliphatic heterocycles. The van der Waals surface area contributed by atoms with Crippen molar-refractivity contribution in [3.05, 3.63) is 29.1 Å². The number of carboxylic acid groups (broad SMARTS) is 1. The highest BCUT2D eigenvalue weighted by Crippen LogP contribution is 2.20. The summed E-state index contributed by atoms with van der Waals surface area (Å²) in [5, 5.41) is 17.5. The molecule has 0 aliphatic carbocycles. The topological polar surface area (TPSA) is 57.5 Å². The first-order valence-corrected chi connectivity index (χ1v) is 3.25. The van der Waals surface area contributed by atoms with Crippen LogP contribution >= 0.6 is 0 Å². The van der Waals surface area contributed by atoms with Crippen molar-refractivity contribution in [2.24, 2.45) is 0 Å². The molecule has 1 aromatic carbocycles. The number of aromatic hydroxyl groups is 1. The van der Waals surface area contributed by atoms with Gasteiger partial charge in [0.15, 0.2) is 0 Å². The summed E-state index contributed by atoms with van der Waals surface area (Å²) < 4.78 is 12.7. The lowest BCUT2D eigenvalue weighted by atomic mass is 10.1. The Labute approximate surface area is 68.1 Å². The molecule has 0 aliphatic rings. The number of benzene rings is 1. The van der Waals surface area contributed by atoms with Crippen LogP contribution in [0.1, 0.15) is 15.9 Å². The third-order valence-corrected chi connectivity index (χ3v) is 1.51. The van der Waals surface area contributed by atoms with Crippen molar-refractivity contribution in [3.8, 4) is 5.75 Å². The molecule has 0 fully saturated rings. The third kappa shape index (κ3) is 1.37. The SMILES string of the molecule is Cc1cc(O)c(C(=O)O)cc1F. The molecule has 64 valence electrons. The van der Waals surface area contributed by atoms with Gasteiger partial charge in [0.25, 0.3) is 0 Å². The molecule has 0 heterocycles.